The molecule has 4 nitrogen and oxygen atoms in total. The predicted molar refractivity (Wildman–Crippen MR) is 135 cm³/mol. The van der Waals surface area contributed by atoms with Gasteiger partial charge in [0.2, 0.25) is 10.0 Å². The second-order valence-electron chi connectivity index (χ2n) is 9.16. The number of hydrogen-bond donors (Lipinski definition) is 1. The van der Waals surface area contributed by atoms with Gasteiger partial charge in [0, 0.05) is 6.04 Å². The third-order valence-corrected chi connectivity index (χ3v) is 8.13. The minimum Gasteiger partial charge on any atom is -0.303 e. The van der Waals surface area contributed by atoms with Crippen LogP contribution in [0, 0.1) is 12.8 Å². The number of aryl methyl sites for hydroxylation is 1. The lowest BCUT2D eigenvalue weighted by molar-refractivity contribution is 0.178. The van der Waals surface area contributed by atoms with Gasteiger partial charge in [0.15, 0.2) is 0 Å². The Morgan fingerprint density at radius 2 is 1.48 bits per heavy atom. The summed E-state index contributed by atoms with van der Waals surface area (Å²) < 4.78 is 29.1. The molecule has 0 bridgehead atoms. The maximum atomic E-state index is 13.1. The van der Waals surface area contributed by atoms with Crippen molar-refractivity contribution in [3.63, 3.8) is 0 Å². The lowest BCUT2D eigenvalue weighted by Gasteiger charge is -2.33. The van der Waals surface area contributed by atoms with Crippen molar-refractivity contribution in [2.24, 2.45) is 5.92 Å². The van der Waals surface area contributed by atoms with Gasteiger partial charge in [-0.05, 0) is 81.4 Å². The topological polar surface area (TPSA) is 49.4 Å². The molecule has 4 rings (SSSR count). The summed E-state index contributed by atoms with van der Waals surface area (Å²) >= 11 is 0. The Morgan fingerprint density at radius 3 is 2.12 bits per heavy atom. The molecule has 0 aromatic heterocycles. The number of benzene rings is 3. The zero-order chi connectivity index (χ0) is 23.1. The summed E-state index contributed by atoms with van der Waals surface area (Å²) in [5.74, 6) is 0.730. The average molecular weight is 463 g/mol. The lowest BCUT2D eigenvalue weighted by atomic mass is 9.90. The summed E-state index contributed by atoms with van der Waals surface area (Å²) in [5.41, 5.74) is 3.47. The van der Waals surface area contributed by atoms with E-state index < -0.39 is 10.0 Å². The molecule has 5 heteroatoms. The Bertz CT molecular complexity index is 1090. The molecular formula is C28H34N2O2S. The fourth-order valence-electron chi connectivity index (χ4n) is 4.62. The first-order valence-corrected chi connectivity index (χ1v) is 13.4. The molecule has 1 atom stereocenters. The van der Waals surface area contributed by atoms with Crippen molar-refractivity contribution in [1.82, 2.24) is 9.62 Å². The Kier molecular flexibility index (Phi) is 7.97. The smallest absolute Gasteiger partial charge is 0.241 e. The number of likely N-dealkylation sites (tertiary alicyclic amines) is 1. The fourth-order valence-corrected chi connectivity index (χ4v) is 5.88. The highest BCUT2D eigenvalue weighted by Gasteiger charge is 2.24. The maximum absolute atomic E-state index is 13.1. The van der Waals surface area contributed by atoms with Crippen LogP contribution in [0.2, 0.25) is 0 Å². The summed E-state index contributed by atoms with van der Waals surface area (Å²) in [4.78, 5) is 2.80. The molecule has 1 N–H and O–H groups in total. The van der Waals surface area contributed by atoms with Crippen molar-refractivity contribution in [2.45, 2.75) is 43.5 Å². The quantitative estimate of drug-likeness (QED) is 0.466. The largest absolute Gasteiger partial charge is 0.303 e. The monoisotopic (exact) mass is 462 g/mol. The van der Waals surface area contributed by atoms with Crippen LogP contribution in [0.1, 0.15) is 42.0 Å². The zero-order valence-electron chi connectivity index (χ0n) is 19.4. The summed E-state index contributed by atoms with van der Waals surface area (Å²) in [6.45, 7) is 4.99. The van der Waals surface area contributed by atoms with Gasteiger partial charge in [-0.15, -0.1) is 0 Å². The van der Waals surface area contributed by atoms with Crippen molar-refractivity contribution in [3.05, 3.63) is 102 Å². The Morgan fingerprint density at radius 1 is 0.879 bits per heavy atom. The molecule has 3 aromatic carbocycles. The SMILES string of the molecule is Cc1ccc(S(=O)(=O)NC(CCN2CCC(Cc3ccccc3)CC2)c2ccccc2)cc1. The van der Waals surface area contributed by atoms with Gasteiger partial charge < -0.3 is 4.90 Å². The molecular weight excluding hydrogens is 428 g/mol. The van der Waals surface area contributed by atoms with Crippen LogP contribution < -0.4 is 4.72 Å². The summed E-state index contributed by atoms with van der Waals surface area (Å²) in [6.07, 6.45) is 4.29. The van der Waals surface area contributed by atoms with Crippen LogP contribution in [0.25, 0.3) is 0 Å². The molecule has 0 spiro atoms. The first-order valence-electron chi connectivity index (χ1n) is 11.9. The fraction of sp³-hybridized carbons (Fsp3) is 0.357. The number of rotatable bonds is 9. The Hall–Kier alpha value is -2.47. The van der Waals surface area contributed by atoms with E-state index in [1.807, 2.05) is 49.4 Å². The van der Waals surface area contributed by atoms with Crippen LogP contribution in [0.5, 0.6) is 0 Å². The van der Waals surface area contributed by atoms with E-state index in [0.717, 1.165) is 49.5 Å². The van der Waals surface area contributed by atoms with Crippen molar-refractivity contribution < 1.29 is 8.42 Å². The van der Waals surface area contributed by atoms with Gasteiger partial charge >= 0.3 is 0 Å². The van der Waals surface area contributed by atoms with Crippen LogP contribution in [-0.4, -0.2) is 33.0 Å². The van der Waals surface area contributed by atoms with Gasteiger partial charge in [0.1, 0.15) is 0 Å². The molecule has 1 unspecified atom stereocenters. The van der Waals surface area contributed by atoms with E-state index in [-0.39, 0.29) is 6.04 Å². The van der Waals surface area contributed by atoms with E-state index in [0.29, 0.717) is 4.90 Å². The molecule has 1 aliphatic heterocycles. The molecule has 1 fully saturated rings. The molecule has 0 saturated carbocycles. The predicted octanol–water partition coefficient (Wildman–Crippen LogP) is 5.36. The second kappa shape index (κ2) is 11.1. The highest BCUT2D eigenvalue weighted by atomic mass is 32.2. The third-order valence-electron chi connectivity index (χ3n) is 6.64. The maximum Gasteiger partial charge on any atom is 0.241 e. The molecule has 1 aliphatic rings. The van der Waals surface area contributed by atoms with E-state index in [4.69, 9.17) is 0 Å². The van der Waals surface area contributed by atoms with Crippen molar-refractivity contribution in [3.8, 4) is 0 Å². The number of sulfonamides is 1. The minimum atomic E-state index is -3.59. The minimum absolute atomic E-state index is 0.250. The van der Waals surface area contributed by atoms with Crippen LogP contribution >= 0.6 is 0 Å². The summed E-state index contributed by atoms with van der Waals surface area (Å²) in [5, 5.41) is 0. The van der Waals surface area contributed by atoms with Crippen molar-refractivity contribution >= 4 is 10.0 Å². The number of piperidine rings is 1. The van der Waals surface area contributed by atoms with Gasteiger partial charge in [-0.2, -0.15) is 0 Å². The second-order valence-corrected chi connectivity index (χ2v) is 10.9. The van der Waals surface area contributed by atoms with Crippen molar-refractivity contribution in [1.29, 1.82) is 0 Å². The van der Waals surface area contributed by atoms with Crippen LogP contribution in [-0.2, 0) is 16.4 Å². The van der Waals surface area contributed by atoms with Crippen LogP contribution in [0.3, 0.4) is 0 Å². The van der Waals surface area contributed by atoms with E-state index in [1.54, 1.807) is 12.1 Å². The van der Waals surface area contributed by atoms with E-state index in [2.05, 4.69) is 40.0 Å². The molecule has 33 heavy (non-hydrogen) atoms. The van der Waals surface area contributed by atoms with Gasteiger partial charge in [0.05, 0.1) is 4.90 Å². The number of hydrogen-bond acceptors (Lipinski definition) is 3. The Balaban J connectivity index is 1.36. The summed E-state index contributed by atoms with van der Waals surface area (Å²) in [6, 6.07) is 27.4. The summed E-state index contributed by atoms with van der Waals surface area (Å²) in [7, 11) is -3.59. The average Bonchev–Trinajstić information content (AvgIpc) is 2.84. The van der Waals surface area contributed by atoms with Gasteiger partial charge in [-0.25, -0.2) is 13.1 Å². The molecule has 0 amide bonds. The standard InChI is InChI=1S/C28H34N2O2S/c1-23-12-14-27(15-13-23)33(31,32)29-28(26-10-6-3-7-11-26)18-21-30-19-16-25(17-20-30)22-24-8-4-2-5-9-24/h2-15,25,28-29H,16-22H2,1H3. The highest BCUT2D eigenvalue weighted by molar-refractivity contribution is 7.89. The first kappa shape index (κ1) is 23.7. The normalized spacial score (nSPS) is 16.5. The third kappa shape index (κ3) is 6.76. The van der Waals surface area contributed by atoms with E-state index >= 15 is 0 Å². The molecule has 3 aromatic rings. The number of nitrogens with zero attached hydrogens (tertiary/aromatic N) is 1. The van der Waals surface area contributed by atoms with Crippen LogP contribution in [0.4, 0.5) is 0 Å². The van der Waals surface area contributed by atoms with Crippen molar-refractivity contribution in [2.75, 3.05) is 19.6 Å². The van der Waals surface area contributed by atoms with E-state index in [1.165, 1.54) is 18.4 Å². The molecule has 1 saturated heterocycles. The highest BCUT2D eigenvalue weighted by Crippen LogP contribution is 2.25. The molecule has 0 aliphatic carbocycles. The zero-order valence-corrected chi connectivity index (χ0v) is 20.2. The van der Waals surface area contributed by atoms with Gasteiger partial charge in [0.25, 0.3) is 0 Å². The molecule has 0 radical (unpaired) electrons. The Labute approximate surface area is 198 Å². The number of nitrogens with one attached hydrogen (secondary N) is 1. The molecule has 1 heterocycles. The van der Waals surface area contributed by atoms with E-state index in [9.17, 15) is 8.42 Å². The van der Waals surface area contributed by atoms with Crippen LogP contribution in [0.15, 0.2) is 89.8 Å². The lowest BCUT2D eigenvalue weighted by Crippen LogP contribution is -2.37. The van der Waals surface area contributed by atoms with Gasteiger partial charge in [-0.3, -0.25) is 0 Å². The van der Waals surface area contributed by atoms with Gasteiger partial charge in [-0.1, -0.05) is 78.4 Å². The molecule has 174 valence electrons. The first-order chi connectivity index (χ1) is 16.0.